The van der Waals surface area contributed by atoms with Crippen molar-refractivity contribution >= 4 is 50.6 Å². The van der Waals surface area contributed by atoms with Gasteiger partial charge in [0, 0.05) is 17.5 Å². The van der Waals surface area contributed by atoms with E-state index in [0.29, 0.717) is 22.3 Å². The Morgan fingerprint density at radius 2 is 1.86 bits per heavy atom. The lowest BCUT2D eigenvalue weighted by molar-refractivity contribution is -0.125. The van der Waals surface area contributed by atoms with Gasteiger partial charge in [0.2, 0.25) is 0 Å². The van der Waals surface area contributed by atoms with E-state index >= 15 is 0 Å². The SMILES string of the molecule is COc1ccc2c(c1)C(=O)N(C[C@@]1(c3cc4cc(N5CC(=O)NS5(=O)=O)ccc4o3)NC(=O)NC1=O)C2. The van der Waals surface area contributed by atoms with Crippen molar-refractivity contribution in [3.63, 3.8) is 0 Å². The molecule has 1 atom stereocenters. The Balaban J connectivity index is 1.37. The van der Waals surface area contributed by atoms with Crippen LogP contribution in [-0.4, -0.2) is 57.3 Å². The molecule has 3 aliphatic rings. The summed E-state index contributed by atoms with van der Waals surface area (Å²) in [6, 6.07) is 10.3. The largest absolute Gasteiger partial charge is 0.497 e. The van der Waals surface area contributed by atoms with Crippen LogP contribution in [0.1, 0.15) is 21.7 Å². The van der Waals surface area contributed by atoms with Crippen LogP contribution >= 0.6 is 0 Å². The maximum absolute atomic E-state index is 13.2. The minimum atomic E-state index is -4.02. The van der Waals surface area contributed by atoms with Gasteiger partial charge in [-0.1, -0.05) is 6.07 Å². The number of fused-ring (bicyclic) bond motifs is 2. The minimum Gasteiger partial charge on any atom is -0.497 e. The van der Waals surface area contributed by atoms with E-state index in [1.165, 1.54) is 36.3 Å². The molecule has 0 spiro atoms. The number of nitrogens with one attached hydrogen (secondary N) is 3. The van der Waals surface area contributed by atoms with Crippen molar-refractivity contribution in [3.8, 4) is 5.75 Å². The van der Waals surface area contributed by atoms with Crippen LogP contribution in [0.3, 0.4) is 0 Å². The molecule has 3 N–H and O–H groups in total. The molecule has 2 fully saturated rings. The van der Waals surface area contributed by atoms with E-state index < -0.39 is 33.6 Å². The highest BCUT2D eigenvalue weighted by Gasteiger charge is 2.53. The molecule has 190 valence electrons. The van der Waals surface area contributed by atoms with Crippen LogP contribution < -0.4 is 24.4 Å². The van der Waals surface area contributed by atoms with Gasteiger partial charge in [0.25, 0.3) is 17.7 Å². The number of benzene rings is 2. The van der Waals surface area contributed by atoms with Crippen molar-refractivity contribution in [3.05, 3.63) is 59.4 Å². The summed E-state index contributed by atoms with van der Waals surface area (Å²) >= 11 is 0. The number of ether oxygens (including phenoxy) is 1. The fourth-order valence-electron chi connectivity index (χ4n) is 4.81. The molecule has 0 radical (unpaired) electrons. The van der Waals surface area contributed by atoms with Gasteiger partial charge in [-0.15, -0.1) is 0 Å². The molecule has 0 saturated carbocycles. The number of amides is 5. The van der Waals surface area contributed by atoms with Gasteiger partial charge in [0.05, 0.1) is 19.3 Å². The van der Waals surface area contributed by atoms with Crippen LogP contribution in [0.15, 0.2) is 46.9 Å². The number of furan rings is 1. The summed E-state index contributed by atoms with van der Waals surface area (Å²) in [5.41, 5.74) is -0.0247. The third-order valence-corrected chi connectivity index (χ3v) is 8.00. The van der Waals surface area contributed by atoms with Crippen molar-refractivity contribution in [2.45, 2.75) is 12.1 Å². The van der Waals surface area contributed by atoms with Gasteiger partial charge < -0.3 is 19.4 Å². The number of methoxy groups -OCH3 is 1. The number of rotatable bonds is 5. The first kappa shape index (κ1) is 22.8. The fraction of sp³-hybridized carbons (Fsp3) is 0.217. The van der Waals surface area contributed by atoms with Gasteiger partial charge in [0.15, 0.2) is 5.54 Å². The van der Waals surface area contributed by atoms with Crippen LogP contribution in [0, 0.1) is 0 Å². The number of hydrogen-bond acceptors (Lipinski definition) is 8. The predicted molar refractivity (Wildman–Crippen MR) is 127 cm³/mol. The van der Waals surface area contributed by atoms with E-state index in [1.807, 2.05) is 4.72 Å². The first-order chi connectivity index (χ1) is 17.6. The number of nitrogens with zero attached hydrogens (tertiary/aromatic N) is 2. The second-order valence-corrected chi connectivity index (χ2v) is 10.5. The van der Waals surface area contributed by atoms with E-state index in [0.717, 1.165) is 9.87 Å². The lowest BCUT2D eigenvalue weighted by Gasteiger charge is -2.29. The summed E-state index contributed by atoms with van der Waals surface area (Å²) in [7, 11) is -2.53. The molecule has 13 nitrogen and oxygen atoms in total. The number of carbonyl (C=O) groups excluding carboxylic acids is 4. The molecular weight excluding hydrogens is 506 g/mol. The van der Waals surface area contributed by atoms with Crippen molar-refractivity contribution in [1.82, 2.24) is 20.3 Å². The Morgan fingerprint density at radius 1 is 1.05 bits per heavy atom. The van der Waals surface area contributed by atoms with Gasteiger partial charge in [-0.25, -0.2) is 13.8 Å². The molecule has 5 amide bonds. The van der Waals surface area contributed by atoms with Gasteiger partial charge in [-0.2, -0.15) is 8.42 Å². The molecule has 1 aromatic heterocycles. The monoisotopic (exact) mass is 525 g/mol. The minimum absolute atomic E-state index is 0.0582. The third kappa shape index (κ3) is 3.48. The maximum Gasteiger partial charge on any atom is 0.326 e. The molecule has 4 heterocycles. The highest BCUT2D eigenvalue weighted by atomic mass is 32.2. The average molecular weight is 525 g/mol. The highest BCUT2D eigenvalue weighted by Crippen LogP contribution is 2.36. The molecule has 14 heteroatoms. The average Bonchev–Trinajstić information content (AvgIpc) is 3.56. The first-order valence-corrected chi connectivity index (χ1v) is 12.5. The summed E-state index contributed by atoms with van der Waals surface area (Å²) in [5.74, 6) is -1.12. The van der Waals surface area contributed by atoms with Crippen molar-refractivity contribution in [1.29, 1.82) is 0 Å². The van der Waals surface area contributed by atoms with Gasteiger partial charge in [0.1, 0.15) is 23.6 Å². The Labute approximate surface area is 209 Å². The second kappa shape index (κ2) is 7.70. The normalized spacial score (nSPS) is 22.3. The maximum atomic E-state index is 13.2. The summed E-state index contributed by atoms with van der Waals surface area (Å²) in [4.78, 5) is 51.6. The zero-order valence-corrected chi connectivity index (χ0v) is 20.0. The summed E-state index contributed by atoms with van der Waals surface area (Å²) < 4.78 is 38.4. The molecular formula is C23H19N5O8S. The van der Waals surface area contributed by atoms with E-state index in [2.05, 4.69) is 10.6 Å². The molecule has 0 aliphatic carbocycles. The predicted octanol–water partition coefficient (Wildman–Crippen LogP) is 0.313. The molecule has 6 rings (SSSR count). The van der Waals surface area contributed by atoms with Crippen LogP contribution in [0.5, 0.6) is 5.75 Å². The zero-order chi connectivity index (χ0) is 26.1. The number of carbonyl (C=O) groups is 4. The highest BCUT2D eigenvalue weighted by molar-refractivity contribution is 7.92. The van der Waals surface area contributed by atoms with Crippen LogP contribution in [-0.2, 0) is 31.9 Å². The lowest BCUT2D eigenvalue weighted by atomic mass is 9.95. The molecule has 0 unspecified atom stereocenters. The number of anilines is 1. The van der Waals surface area contributed by atoms with Gasteiger partial charge in [-0.3, -0.25) is 19.7 Å². The molecule has 3 aromatic rings. The van der Waals surface area contributed by atoms with Crippen molar-refractivity contribution < 1.29 is 36.7 Å². The van der Waals surface area contributed by atoms with E-state index in [-0.39, 0.29) is 37.0 Å². The topological polar surface area (TPSA) is 167 Å². The number of hydrogen-bond donors (Lipinski definition) is 3. The van der Waals surface area contributed by atoms with Gasteiger partial charge >= 0.3 is 16.2 Å². The number of imide groups is 1. The summed E-state index contributed by atoms with van der Waals surface area (Å²) in [6.07, 6.45) is 0. The van der Waals surface area contributed by atoms with Crippen LogP contribution in [0.4, 0.5) is 10.5 Å². The lowest BCUT2D eigenvalue weighted by Crippen LogP contribution is -2.52. The molecule has 2 aromatic carbocycles. The van der Waals surface area contributed by atoms with Crippen LogP contribution in [0.2, 0.25) is 0 Å². The Morgan fingerprint density at radius 3 is 2.54 bits per heavy atom. The van der Waals surface area contributed by atoms with Crippen molar-refractivity contribution in [2.24, 2.45) is 0 Å². The molecule has 3 aliphatic heterocycles. The standard InChI is InChI=1S/C23H19N5O8S/c1-35-15-4-2-12-9-27(20(30)16(12)8-15)11-23(21(31)24-22(32)25-23)18-7-13-6-14(3-5-17(13)36-18)28-10-19(29)26-37(28,33)34/h2-8H,9-11H2,1H3,(H,26,29)(H2,24,25,31,32)/t23-/m0/s1. The van der Waals surface area contributed by atoms with E-state index in [1.54, 1.807) is 18.2 Å². The third-order valence-electron chi connectivity index (χ3n) is 6.59. The van der Waals surface area contributed by atoms with Crippen LogP contribution in [0.25, 0.3) is 11.0 Å². The van der Waals surface area contributed by atoms with Gasteiger partial charge in [-0.05, 0) is 42.0 Å². The molecule has 0 bridgehead atoms. The Kier molecular flexibility index (Phi) is 4.76. The van der Waals surface area contributed by atoms with Crippen molar-refractivity contribution in [2.75, 3.05) is 24.5 Å². The first-order valence-electron chi connectivity index (χ1n) is 11.1. The quantitative estimate of drug-likeness (QED) is 0.400. The second-order valence-electron chi connectivity index (χ2n) is 8.87. The smallest absolute Gasteiger partial charge is 0.326 e. The molecule has 37 heavy (non-hydrogen) atoms. The van der Waals surface area contributed by atoms with E-state index in [4.69, 9.17) is 9.15 Å². The Bertz CT molecular complexity index is 1650. The summed E-state index contributed by atoms with van der Waals surface area (Å²) in [6.45, 7) is -0.378. The van der Waals surface area contributed by atoms with E-state index in [9.17, 15) is 27.6 Å². The Hall–Kier alpha value is -4.59. The molecule has 2 saturated heterocycles. The summed E-state index contributed by atoms with van der Waals surface area (Å²) in [5, 5.41) is 5.24. The fourth-order valence-corrected chi connectivity index (χ4v) is 5.95. The number of urea groups is 1. The zero-order valence-electron chi connectivity index (χ0n) is 19.2.